The van der Waals surface area contributed by atoms with Crippen LogP contribution < -0.4 is 10.1 Å². The molecule has 1 aliphatic rings. The summed E-state index contributed by atoms with van der Waals surface area (Å²) in [5, 5.41) is 3.20. The molecule has 0 radical (unpaired) electrons. The molecule has 1 saturated heterocycles. The summed E-state index contributed by atoms with van der Waals surface area (Å²) in [6, 6.07) is 14.5. The van der Waals surface area contributed by atoms with Crippen LogP contribution in [0.1, 0.15) is 12.0 Å². The number of hydrogen-bond acceptors (Lipinski definition) is 5. The van der Waals surface area contributed by atoms with Crippen molar-refractivity contribution in [2.75, 3.05) is 14.2 Å². The van der Waals surface area contributed by atoms with Crippen LogP contribution in [0.2, 0.25) is 5.02 Å². The second-order valence-corrected chi connectivity index (χ2v) is 7.73. The molecule has 2 aromatic carbocycles. The number of benzene rings is 2. The molecule has 1 aliphatic heterocycles. The van der Waals surface area contributed by atoms with Crippen molar-refractivity contribution in [1.82, 2.24) is 10.2 Å². The average Bonchev–Trinajstić information content (AvgIpc) is 2.71. The molecule has 1 N–H and O–H groups in total. The monoisotopic (exact) mass is 417 g/mol. The summed E-state index contributed by atoms with van der Waals surface area (Å²) in [5.74, 6) is 0.417. The van der Waals surface area contributed by atoms with Gasteiger partial charge in [0.15, 0.2) is 5.17 Å². The molecule has 0 saturated carbocycles. The Balaban J connectivity index is 1.90. The molecule has 146 valence electrons. The minimum Gasteiger partial charge on any atom is -0.497 e. The third-order valence-corrected chi connectivity index (χ3v) is 5.67. The fraction of sp³-hybridized carbons (Fsp3) is 0.250. The van der Waals surface area contributed by atoms with Gasteiger partial charge in [0, 0.05) is 18.5 Å². The Morgan fingerprint density at radius 2 is 1.93 bits per heavy atom. The lowest BCUT2D eigenvalue weighted by Gasteiger charge is -2.31. The Morgan fingerprint density at radius 3 is 2.54 bits per heavy atom. The highest BCUT2D eigenvalue weighted by molar-refractivity contribution is 8.15. The summed E-state index contributed by atoms with van der Waals surface area (Å²) in [6.45, 7) is 0.364. The molecule has 6 nitrogen and oxygen atoms in total. The van der Waals surface area contributed by atoms with Crippen molar-refractivity contribution in [2.24, 2.45) is 4.99 Å². The lowest BCUT2D eigenvalue weighted by molar-refractivity contribution is -0.130. The van der Waals surface area contributed by atoms with Gasteiger partial charge in [0.05, 0.1) is 24.6 Å². The SMILES string of the molecule is CNC(=O)[C@H]1CC(=O)N(Cc2ccc(OC)cc2)C(=Nc2ccc(Cl)cc2)S1. The van der Waals surface area contributed by atoms with Crippen LogP contribution in [-0.4, -0.2) is 41.3 Å². The van der Waals surface area contributed by atoms with Gasteiger partial charge in [0.25, 0.3) is 0 Å². The number of carbonyl (C=O) groups is 2. The van der Waals surface area contributed by atoms with Crippen LogP contribution in [0, 0.1) is 0 Å². The number of carbonyl (C=O) groups excluding carboxylic acids is 2. The van der Waals surface area contributed by atoms with Gasteiger partial charge < -0.3 is 10.1 Å². The van der Waals surface area contributed by atoms with E-state index in [1.165, 1.54) is 11.8 Å². The quantitative estimate of drug-likeness (QED) is 0.806. The lowest BCUT2D eigenvalue weighted by Crippen LogP contribution is -2.45. The van der Waals surface area contributed by atoms with E-state index in [9.17, 15) is 9.59 Å². The average molecular weight is 418 g/mol. The van der Waals surface area contributed by atoms with Gasteiger partial charge in [-0.1, -0.05) is 35.5 Å². The molecule has 1 heterocycles. The van der Waals surface area contributed by atoms with Gasteiger partial charge in [-0.15, -0.1) is 0 Å². The number of ether oxygens (including phenoxy) is 1. The van der Waals surface area contributed by atoms with E-state index in [1.54, 1.807) is 43.3 Å². The first-order chi connectivity index (χ1) is 13.5. The summed E-state index contributed by atoms with van der Waals surface area (Å²) in [6.07, 6.45) is 0.125. The van der Waals surface area contributed by atoms with Crippen molar-refractivity contribution in [3.05, 3.63) is 59.1 Å². The number of nitrogens with zero attached hydrogens (tertiary/aromatic N) is 2. The van der Waals surface area contributed by atoms with Crippen LogP contribution in [0.15, 0.2) is 53.5 Å². The summed E-state index contributed by atoms with van der Waals surface area (Å²) in [5.41, 5.74) is 1.61. The van der Waals surface area contributed by atoms with Gasteiger partial charge in [-0.3, -0.25) is 14.5 Å². The van der Waals surface area contributed by atoms with E-state index in [1.807, 2.05) is 24.3 Å². The highest BCUT2D eigenvalue weighted by Crippen LogP contribution is 2.30. The molecule has 28 heavy (non-hydrogen) atoms. The fourth-order valence-electron chi connectivity index (χ4n) is 2.70. The molecule has 1 atom stereocenters. The first-order valence-corrected chi connectivity index (χ1v) is 9.91. The molecule has 0 aromatic heterocycles. The molecule has 0 aliphatic carbocycles. The number of rotatable bonds is 5. The van der Waals surface area contributed by atoms with Gasteiger partial charge in [-0.2, -0.15) is 0 Å². The molecular weight excluding hydrogens is 398 g/mol. The van der Waals surface area contributed by atoms with E-state index in [-0.39, 0.29) is 18.2 Å². The molecule has 2 amide bonds. The largest absolute Gasteiger partial charge is 0.497 e. The van der Waals surface area contributed by atoms with Crippen LogP contribution in [0.4, 0.5) is 5.69 Å². The van der Waals surface area contributed by atoms with Crippen LogP contribution in [0.3, 0.4) is 0 Å². The van der Waals surface area contributed by atoms with Crippen LogP contribution in [0.25, 0.3) is 0 Å². The molecule has 0 bridgehead atoms. The zero-order valence-corrected chi connectivity index (χ0v) is 17.1. The van der Waals surface area contributed by atoms with Gasteiger partial charge in [-0.25, -0.2) is 4.99 Å². The number of amidine groups is 1. The van der Waals surface area contributed by atoms with Gasteiger partial charge in [-0.05, 0) is 42.0 Å². The molecular formula is C20H20ClN3O3S. The van der Waals surface area contributed by atoms with Crippen molar-refractivity contribution in [3.63, 3.8) is 0 Å². The van der Waals surface area contributed by atoms with Crippen molar-refractivity contribution in [1.29, 1.82) is 0 Å². The minimum absolute atomic E-state index is 0.125. The maximum absolute atomic E-state index is 12.8. The molecule has 8 heteroatoms. The molecule has 0 unspecified atom stereocenters. The predicted molar refractivity (Wildman–Crippen MR) is 112 cm³/mol. The number of amides is 2. The smallest absolute Gasteiger partial charge is 0.233 e. The van der Waals surface area contributed by atoms with Gasteiger partial charge in [0.1, 0.15) is 5.75 Å². The van der Waals surface area contributed by atoms with Crippen molar-refractivity contribution in [2.45, 2.75) is 18.2 Å². The van der Waals surface area contributed by atoms with Crippen LogP contribution in [-0.2, 0) is 16.1 Å². The number of nitrogens with one attached hydrogen (secondary N) is 1. The number of halogens is 1. The maximum Gasteiger partial charge on any atom is 0.233 e. The second kappa shape index (κ2) is 9.12. The highest BCUT2D eigenvalue weighted by atomic mass is 35.5. The number of methoxy groups -OCH3 is 1. The standard InChI is InChI=1S/C20H20ClN3O3S/c1-22-19(26)17-11-18(25)24(12-13-3-9-16(27-2)10-4-13)20(28-17)23-15-7-5-14(21)6-8-15/h3-10,17H,11-12H2,1-2H3,(H,22,26)/t17-/m1/s1. The Bertz CT molecular complexity index is 885. The molecule has 1 fully saturated rings. The number of hydrogen-bond donors (Lipinski definition) is 1. The Hall–Kier alpha value is -2.51. The van der Waals surface area contributed by atoms with Crippen molar-refractivity contribution >= 4 is 46.0 Å². The summed E-state index contributed by atoms with van der Waals surface area (Å²) in [7, 11) is 3.17. The third-order valence-electron chi connectivity index (χ3n) is 4.23. The minimum atomic E-state index is -0.504. The van der Waals surface area contributed by atoms with E-state index in [2.05, 4.69) is 10.3 Å². The van der Waals surface area contributed by atoms with E-state index in [4.69, 9.17) is 16.3 Å². The van der Waals surface area contributed by atoms with Crippen LogP contribution in [0.5, 0.6) is 5.75 Å². The Labute approximate surface area is 172 Å². The maximum atomic E-state index is 12.8. The van der Waals surface area contributed by atoms with Crippen LogP contribution >= 0.6 is 23.4 Å². The van der Waals surface area contributed by atoms with E-state index in [0.29, 0.717) is 22.4 Å². The number of aliphatic imine (C=N–C) groups is 1. The summed E-state index contributed by atoms with van der Waals surface area (Å²) >= 11 is 7.23. The highest BCUT2D eigenvalue weighted by Gasteiger charge is 2.35. The Morgan fingerprint density at radius 1 is 1.25 bits per heavy atom. The van der Waals surface area contributed by atoms with Crippen molar-refractivity contribution in [3.8, 4) is 5.75 Å². The summed E-state index contributed by atoms with van der Waals surface area (Å²) < 4.78 is 5.18. The summed E-state index contributed by atoms with van der Waals surface area (Å²) in [4.78, 5) is 31.1. The van der Waals surface area contributed by atoms with Gasteiger partial charge >= 0.3 is 0 Å². The topological polar surface area (TPSA) is 71.0 Å². The predicted octanol–water partition coefficient (Wildman–Crippen LogP) is 3.62. The zero-order chi connectivity index (χ0) is 20.1. The van der Waals surface area contributed by atoms with E-state index in [0.717, 1.165) is 11.3 Å². The first-order valence-electron chi connectivity index (χ1n) is 8.66. The van der Waals surface area contributed by atoms with E-state index < -0.39 is 5.25 Å². The molecule has 2 aromatic rings. The Kier molecular flexibility index (Phi) is 6.59. The third kappa shape index (κ3) is 4.85. The normalized spacial score (nSPS) is 18.2. The van der Waals surface area contributed by atoms with Crippen molar-refractivity contribution < 1.29 is 14.3 Å². The van der Waals surface area contributed by atoms with Gasteiger partial charge in [0.2, 0.25) is 11.8 Å². The molecule has 3 rings (SSSR count). The zero-order valence-electron chi connectivity index (χ0n) is 15.5. The first kappa shape index (κ1) is 20.2. The van der Waals surface area contributed by atoms with E-state index >= 15 is 0 Å². The molecule has 0 spiro atoms. The number of thioether (sulfide) groups is 1. The fourth-order valence-corrected chi connectivity index (χ4v) is 3.98. The lowest BCUT2D eigenvalue weighted by atomic mass is 10.2. The second-order valence-electron chi connectivity index (χ2n) is 6.12.